The molecule has 0 aromatic carbocycles. The third-order valence-corrected chi connectivity index (χ3v) is 3.48. The van der Waals surface area contributed by atoms with Gasteiger partial charge >= 0.3 is 6.55 Å². The van der Waals surface area contributed by atoms with Gasteiger partial charge in [-0.1, -0.05) is 6.07 Å². The molecular formula is C15H18F2N8. The summed E-state index contributed by atoms with van der Waals surface area (Å²) in [5.74, 6) is 1.40. The van der Waals surface area contributed by atoms with E-state index in [4.69, 9.17) is 0 Å². The normalized spacial score (nSPS) is 12.1. The summed E-state index contributed by atoms with van der Waals surface area (Å²) in [6.07, 6.45) is 4.45. The van der Waals surface area contributed by atoms with Crippen LogP contribution in [0.25, 0.3) is 5.65 Å². The van der Waals surface area contributed by atoms with E-state index < -0.39 is 6.55 Å². The van der Waals surface area contributed by atoms with Gasteiger partial charge in [0.05, 0.1) is 6.54 Å². The lowest BCUT2D eigenvalue weighted by Crippen LogP contribution is -2.37. The Morgan fingerprint density at radius 3 is 2.88 bits per heavy atom. The second-order valence-corrected chi connectivity index (χ2v) is 5.12. The number of aromatic nitrogens is 5. The fourth-order valence-electron chi connectivity index (χ4n) is 2.31. The zero-order chi connectivity index (χ0) is 17.6. The summed E-state index contributed by atoms with van der Waals surface area (Å²) in [6, 6.07) is 5.62. The van der Waals surface area contributed by atoms with E-state index in [0.29, 0.717) is 24.9 Å². The third-order valence-electron chi connectivity index (χ3n) is 3.48. The van der Waals surface area contributed by atoms with E-state index in [1.165, 1.54) is 12.4 Å². The number of rotatable bonds is 6. The molecule has 3 rings (SSSR count). The topological polar surface area (TPSA) is 84.4 Å². The fraction of sp³-hybridized carbons (Fsp3) is 0.333. The van der Waals surface area contributed by atoms with E-state index in [1.54, 1.807) is 0 Å². The molecule has 3 aromatic heterocycles. The van der Waals surface area contributed by atoms with Crippen molar-refractivity contribution < 1.29 is 8.78 Å². The Hall–Kier alpha value is -3.04. The molecule has 0 aliphatic heterocycles. The van der Waals surface area contributed by atoms with Crippen LogP contribution in [0, 0.1) is 0 Å². The van der Waals surface area contributed by atoms with Gasteiger partial charge in [0.2, 0.25) is 0 Å². The Morgan fingerprint density at radius 1 is 1.20 bits per heavy atom. The number of aliphatic imine (C=N–C) groups is 1. The molecule has 0 fully saturated rings. The number of fused-ring (bicyclic) bond motifs is 1. The standard InChI is InChI=1S/C15H18F2N8/c1-2-18-15(20-9-12-19-6-8-25(12)14(16)17)21-10-13-23-22-11-5-3-4-7-24(11)13/h3-8,14H,2,9-10H2,1H3,(H2,18,20,21). The first-order valence-corrected chi connectivity index (χ1v) is 7.79. The minimum atomic E-state index is -2.62. The smallest absolute Gasteiger partial charge is 0.319 e. The molecule has 0 saturated carbocycles. The molecule has 8 nitrogen and oxygen atoms in total. The highest BCUT2D eigenvalue weighted by Crippen LogP contribution is 2.12. The predicted octanol–water partition coefficient (Wildman–Crippen LogP) is 1.58. The van der Waals surface area contributed by atoms with Crippen molar-refractivity contribution >= 4 is 11.6 Å². The average molecular weight is 348 g/mol. The van der Waals surface area contributed by atoms with Crippen molar-refractivity contribution in [2.75, 3.05) is 6.54 Å². The van der Waals surface area contributed by atoms with Crippen molar-refractivity contribution in [1.82, 2.24) is 34.8 Å². The number of hydrogen-bond donors (Lipinski definition) is 2. The second kappa shape index (κ2) is 7.69. The van der Waals surface area contributed by atoms with Crippen molar-refractivity contribution in [3.63, 3.8) is 0 Å². The van der Waals surface area contributed by atoms with E-state index in [9.17, 15) is 8.78 Å². The first kappa shape index (κ1) is 16.8. The van der Waals surface area contributed by atoms with Crippen molar-refractivity contribution in [2.24, 2.45) is 4.99 Å². The molecule has 0 atom stereocenters. The molecule has 3 heterocycles. The van der Waals surface area contributed by atoms with Gasteiger partial charge in [0.25, 0.3) is 0 Å². The van der Waals surface area contributed by atoms with Crippen molar-refractivity contribution in [3.05, 3.63) is 48.4 Å². The van der Waals surface area contributed by atoms with Crippen molar-refractivity contribution in [3.8, 4) is 0 Å². The van der Waals surface area contributed by atoms with Crippen molar-refractivity contribution in [2.45, 2.75) is 26.6 Å². The van der Waals surface area contributed by atoms with Crippen molar-refractivity contribution in [1.29, 1.82) is 0 Å². The molecule has 0 saturated heterocycles. The highest BCUT2D eigenvalue weighted by molar-refractivity contribution is 5.79. The maximum atomic E-state index is 12.8. The van der Waals surface area contributed by atoms with Crippen LogP contribution in [0.15, 0.2) is 41.8 Å². The summed E-state index contributed by atoms with van der Waals surface area (Å²) in [4.78, 5) is 8.36. The fourth-order valence-corrected chi connectivity index (χ4v) is 2.31. The number of nitrogens with one attached hydrogen (secondary N) is 2. The number of nitrogens with zero attached hydrogens (tertiary/aromatic N) is 6. The molecule has 25 heavy (non-hydrogen) atoms. The van der Waals surface area contributed by atoms with Crippen LogP contribution in [-0.2, 0) is 13.1 Å². The van der Waals surface area contributed by atoms with Gasteiger partial charge in [0.1, 0.15) is 12.4 Å². The van der Waals surface area contributed by atoms with E-state index in [1.807, 2.05) is 35.7 Å². The van der Waals surface area contributed by atoms with Gasteiger partial charge in [-0.25, -0.2) is 9.98 Å². The first-order chi connectivity index (χ1) is 12.2. The van der Waals surface area contributed by atoms with Crippen LogP contribution in [0.1, 0.15) is 25.1 Å². The Bertz CT molecular complexity index is 854. The van der Waals surface area contributed by atoms with Gasteiger partial charge in [0.15, 0.2) is 17.4 Å². The number of pyridine rings is 1. The molecule has 10 heteroatoms. The Labute approximate surface area is 142 Å². The molecule has 0 radical (unpaired) electrons. The molecule has 0 bridgehead atoms. The maximum Gasteiger partial charge on any atom is 0.319 e. The van der Waals surface area contributed by atoms with Crippen LogP contribution >= 0.6 is 0 Å². The molecule has 2 N–H and O–H groups in total. The molecular weight excluding hydrogens is 330 g/mol. The SMILES string of the molecule is CCNC(=NCc1nnc2ccccn12)NCc1nccn1C(F)F. The van der Waals surface area contributed by atoms with Crippen LogP contribution in [0.2, 0.25) is 0 Å². The first-order valence-electron chi connectivity index (χ1n) is 7.79. The lowest BCUT2D eigenvalue weighted by Gasteiger charge is -2.12. The van der Waals surface area contributed by atoms with Crippen LogP contribution in [0.5, 0.6) is 0 Å². The number of halogens is 2. The highest BCUT2D eigenvalue weighted by atomic mass is 19.3. The van der Waals surface area contributed by atoms with Gasteiger partial charge < -0.3 is 10.6 Å². The van der Waals surface area contributed by atoms with E-state index in [0.717, 1.165) is 10.2 Å². The summed E-state index contributed by atoms with van der Waals surface area (Å²) in [7, 11) is 0. The Morgan fingerprint density at radius 2 is 2.08 bits per heavy atom. The lowest BCUT2D eigenvalue weighted by atomic mass is 10.4. The molecule has 0 aliphatic carbocycles. The molecule has 0 amide bonds. The lowest BCUT2D eigenvalue weighted by molar-refractivity contribution is 0.0668. The van der Waals surface area contributed by atoms with E-state index in [-0.39, 0.29) is 12.4 Å². The molecule has 0 unspecified atom stereocenters. The quantitative estimate of drug-likeness (QED) is 0.522. The van der Waals surface area contributed by atoms with Crippen LogP contribution in [0.3, 0.4) is 0 Å². The van der Waals surface area contributed by atoms with E-state index in [2.05, 4.69) is 30.8 Å². The summed E-state index contributed by atoms with van der Waals surface area (Å²) in [6.45, 7) is 0.355. The number of hydrogen-bond acceptors (Lipinski definition) is 4. The van der Waals surface area contributed by atoms with E-state index >= 15 is 0 Å². The molecule has 0 aliphatic rings. The van der Waals surface area contributed by atoms with Crippen LogP contribution in [0.4, 0.5) is 8.78 Å². The van der Waals surface area contributed by atoms with Gasteiger partial charge in [-0.15, -0.1) is 10.2 Å². The monoisotopic (exact) mass is 348 g/mol. The maximum absolute atomic E-state index is 12.8. The van der Waals surface area contributed by atoms with Crippen LogP contribution < -0.4 is 10.6 Å². The highest BCUT2D eigenvalue weighted by Gasteiger charge is 2.11. The van der Waals surface area contributed by atoms with Gasteiger partial charge in [-0.2, -0.15) is 8.78 Å². The molecule has 3 aromatic rings. The van der Waals surface area contributed by atoms with Gasteiger partial charge in [-0.3, -0.25) is 8.97 Å². The molecule has 0 spiro atoms. The van der Waals surface area contributed by atoms with Gasteiger partial charge in [0, 0.05) is 25.1 Å². The molecule has 132 valence electrons. The Kier molecular flexibility index (Phi) is 5.17. The van der Waals surface area contributed by atoms with Crippen LogP contribution in [-0.4, -0.2) is 36.7 Å². The summed E-state index contributed by atoms with van der Waals surface area (Å²) >= 11 is 0. The third kappa shape index (κ3) is 3.90. The minimum Gasteiger partial charge on any atom is -0.357 e. The Balaban J connectivity index is 1.70. The second-order valence-electron chi connectivity index (χ2n) is 5.12. The number of imidazole rings is 1. The zero-order valence-corrected chi connectivity index (χ0v) is 13.6. The average Bonchev–Trinajstić information content (AvgIpc) is 3.24. The summed E-state index contributed by atoms with van der Waals surface area (Å²) in [5, 5.41) is 14.2. The minimum absolute atomic E-state index is 0.129. The summed E-state index contributed by atoms with van der Waals surface area (Å²) in [5.41, 5.74) is 0.740. The van der Waals surface area contributed by atoms with Gasteiger partial charge in [-0.05, 0) is 19.1 Å². The number of guanidine groups is 1. The zero-order valence-electron chi connectivity index (χ0n) is 13.6. The largest absolute Gasteiger partial charge is 0.357 e. The predicted molar refractivity (Wildman–Crippen MR) is 88.1 cm³/mol. The summed E-state index contributed by atoms with van der Waals surface area (Å²) < 4.78 is 28.3. The number of alkyl halides is 2.